The molecule has 3 N–H and O–H groups in total. The first-order valence-electron chi connectivity index (χ1n) is 7.85. The monoisotopic (exact) mass is 312 g/mol. The van der Waals surface area contributed by atoms with Gasteiger partial charge in [0.05, 0.1) is 6.26 Å². The second kappa shape index (κ2) is 7.11. The minimum Gasteiger partial charge on any atom is -0.463 e. The van der Waals surface area contributed by atoms with Gasteiger partial charge in [-0.05, 0) is 38.1 Å². The maximum absolute atomic E-state index is 9.47. The number of furan rings is 1. The highest BCUT2D eigenvalue weighted by Crippen LogP contribution is 2.26. The van der Waals surface area contributed by atoms with Gasteiger partial charge >= 0.3 is 0 Å². The summed E-state index contributed by atoms with van der Waals surface area (Å²) >= 11 is 0. The Balaban J connectivity index is 1.74. The molecule has 23 heavy (non-hydrogen) atoms. The van der Waals surface area contributed by atoms with Gasteiger partial charge in [0, 0.05) is 13.1 Å². The second-order valence-corrected chi connectivity index (χ2v) is 5.57. The SMILES string of the molecule is N#Cc1c(NCCN2CCCCC2)nc(N)nc1-c1ccco1. The maximum atomic E-state index is 9.47. The fraction of sp³-hybridized carbons (Fsp3) is 0.438. The lowest BCUT2D eigenvalue weighted by atomic mass is 10.1. The van der Waals surface area contributed by atoms with Gasteiger partial charge in [-0.2, -0.15) is 10.2 Å². The first kappa shape index (κ1) is 15.3. The number of nitrogens with zero attached hydrogens (tertiary/aromatic N) is 4. The number of hydrogen-bond acceptors (Lipinski definition) is 7. The summed E-state index contributed by atoms with van der Waals surface area (Å²) in [6.45, 7) is 3.90. The molecule has 0 spiro atoms. The Morgan fingerprint density at radius 3 is 2.83 bits per heavy atom. The van der Waals surface area contributed by atoms with E-state index in [1.165, 1.54) is 25.5 Å². The van der Waals surface area contributed by atoms with Crippen molar-refractivity contribution in [1.29, 1.82) is 5.26 Å². The van der Waals surface area contributed by atoms with E-state index < -0.39 is 0 Å². The number of nitriles is 1. The molecule has 3 rings (SSSR count). The number of nitrogens with two attached hydrogens (primary N) is 1. The zero-order chi connectivity index (χ0) is 16.1. The van der Waals surface area contributed by atoms with E-state index in [0.29, 0.717) is 29.4 Å². The molecule has 1 aliphatic rings. The van der Waals surface area contributed by atoms with Crippen molar-refractivity contribution in [2.75, 3.05) is 37.2 Å². The van der Waals surface area contributed by atoms with E-state index in [4.69, 9.17) is 10.2 Å². The molecule has 0 atom stereocenters. The van der Waals surface area contributed by atoms with Crippen LogP contribution in [0.5, 0.6) is 0 Å². The number of nitrogens with one attached hydrogen (secondary N) is 1. The van der Waals surface area contributed by atoms with Gasteiger partial charge in [-0.25, -0.2) is 4.98 Å². The Labute approximate surface area is 135 Å². The average molecular weight is 312 g/mol. The number of likely N-dealkylation sites (tertiary alicyclic amines) is 1. The molecule has 1 fully saturated rings. The Bertz CT molecular complexity index is 685. The molecule has 0 bridgehead atoms. The minimum absolute atomic E-state index is 0.121. The molecule has 2 aromatic heterocycles. The van der Waals surface area contributed by atoms with Crippen LogP contribution in [0.1, 0.15) is 24.8 Å². The first-order chi connectivity index (χ1) is 11.3. The lowest BCUT2D eigenvalue weighted by Gasteiger charge is -2.26. The summed E-state index contributed by atoms with van der Waals surface area (Å²) in [7, 11) is 0. The third-order valence-electron chi connectivity index (χ3n) is 3.96. The van der Waals surface area contributed by atoms with Crippen molar-refractivity contribution in [3.63, 3.8) is 0 Å². The van der Waals surface area contributed by atoms with Crippen molar-refractivity contribution in [3.05, 3.63) is 24.0 Å². The molecule has 7 nitrogen and oxygen atoms in total. The van der Waals surface area contributed by atoms with Crippen molar-refractivity contribution in [1.82, 2.24) is 14.9 Å². The van der Waals surface area contributed by atoms with Crippen molar-refractivity contribution in [2.24, 2.45) is 0 Å². The highest BCUT2D eigenvalue weighted by molar-refractivity contribution is 5.71. The predicted molar refractivity (Wildman–Crippen MR) is 87.6 cm³/mol. The second-order valence-electron chi connectivity index (χ2n) is 5.57. The van der Waals surface area contributed by atoms with Gasteiger partial charge in [0.15, 0.2) is 5.76 Å². The van der Waals surface area contributed by atoms with Gasteiger partial charge in [0.25, 0.3) is 0 Å². The molecule has 1 aliphatic heterocycles. The standard InChI is InChI=1S/C16H20N6O/c17-11-12-14(13-5-4-10-23-13)20-16(18)21-15(12)19-6-9-22-7-2-1-3-8-22/h4-5,10H,1-3,6-9H2,(H3,18,19,20,21). The highest BCUT2D eigenvalue weighted by atomic mass is 16.3. The first-order valence-corrected chi connectivity index (χ1v) is 7.85. The van der Waals surface area contributed by atoms with Crippen LogP contribution in [0.4, 0.5) is 11.8 Å². The molecule has 2 aromatic rings. The van der Waals surface area contributed by atoms with Crippen LogP contribution in [0.25, 0.3) is 11.5 Å². The summed E-state index contributed by atoms with van der Waals surface area (Å²) < 4.78 is 5.34. The number of aromatic nitrogens is 2. The summed E-state index contributed by atoms with van der Waals surface area (Å²) in [5, 5.41) is 12.7. The van der Waals surface area contributed by atoms with Crippen LogP contribution in [-0.4, -0.2) is 41.0 Å². The summed E-state index contributed by atoms with van der Waals surface area (Å²) in [4.78, 5) is 10.7. The van der Waals surface area contributed by atoms with E-state index in [1.54, 1.807) is 12.1 Å². The Morgan fingerprint density at radius 1 is 1.30 bits per heavy atom. The Morgan fingerprint density at radius 2 is 2.13 bits per heavy atom. The molecule has 1 saturated heterocycles. The predicted octanol–water partition coefficient (Wildman–Crippen LogP) is 2.09. The normalized spacial score (nSPS) is 15.3. The van der Waals surface area contributed by atoms with E-state index in [2.05, 4.69) is 26.3 Å². The molecule has 7 heteroatoms. The molecule has 3 heterocycles. The summed E-state index contributed by atoms with van der Waals surface area (Å²) in [6.07, 6.45) is 5.37. The van der Waals surface area contributed by atoms with E-state index in [-0.39, 0.29) is 5.95 Å². The number of anilines is 2. The van der Waals surface area contributed by atoms with Gasteiger partial charge in [-0.3, -0.25) is 0 Å². The van der Waals surface area contributed by atoms with Gasteiger partial charge < -0.3 is 20.4 Å². The number of hydrogen-bond donors (Lipinski definition) is 2. The third kappa shape index (κ3) is 3.60. The number of nitrogen functional groups attached to an aromatic ring is 1. The molecular weight excluding hydrogens is 292 g/mol. The smallest absolute Gasteiger partial charge is 0.222 e. The van der Waals surface area contributed by atoms with Crippen LogP contribution in [0.15, 0.2) is 22.8 Å². The minimum atomic E-state index is 0.121. The third-order valence-corrected chi connectivity index (χ3v) is 3.96. The van der Waals surface area contributed by atoms with Gasteiger partial charge in [0.2, 0.25) is 5.95 Å². The molecule has 120 valence electrons. The largest absolute Gasteiger partial charge is 0.463 e. The summed E-state index contributed by atoms with van der Waals surface area (Å²) in [5.74, 6) is 1.09. The topological polar surface area (TPSA) is 104 Å². The lowest BCUT2D eigenvalue weighted by Crippen LogP contribution is -2.33. The molecule has 0 amide bonds. The van der Waals surface area contributed by atoms with Crippen molar-refractivity contribution in [3.8, 4) is 17.5 Å². The van der Waals surface area contributed by atoms with Gasteiger partial charge in [-0.15, -0.1) is 0 Å². The van der Waals surface area contributed by atoms with Crippen LogP contribution in [0.2, 0.25) is 0 Å². The quantitative estimate of drug-likeness (QED) is 0.871. The number of piperidine rings is 1. The van der Waals surface area contributed by atoms with E-state index in [0.717, 1.165) is 19.6 Å². The van der Waals surface area contributed by atoms with Crippen molar-refractivity contribution >= 4 is 11.8 Å². The van der Waals surface area contributed by atoms with Crippen molar-refractivity contribution in [2.45, 2.75) is 19.3 Å². The highest BCUT2D eigenvalue weighted by Gasteiger charge is 2.17. The fourth-order valence-corrected chi connectivity index (χ4v) is 2.82. The van der Waals surface area contributed by atoms with Gasteiger partial charge in [0.1, 0.15) is 23.1 Å². The summed E-state index contributed by atoms with van der Waals surface area (Å²) in [5.41, 5.74) is 6.56. The molecule has 0 radical (unpaired) electrons. The average Bonchev–Trinajstić information content (AvgIpc) is 3.10. The maximum Gasteiger partial charge on any atom is 0.222 e. The van der Waals surface area contributed by atoms with Gasteiger partial charge in [-0.1, -0.05) is 6.42 Å². The zero-order valence-corrected chi connectivity index (χ0v) is 13.0. The van der Waals surface area contributed by atoms with E-state index in [1.807, 2.05) is 0 Å². The van der Waals surface area contributed by atoms with E-state index >= 15 is 0 Å². The van der Waals surface area contributed by atoms with Crippen LogP contribution in [0.3, 0.4) is 0 Å². The lowest BCUT2D eigenvalue weighted by molar-refractivity contribution is 0.237. The fourth-order valence-electron chi connectivity index (χ4n) is 2.82. The molecular formula is C16H20N6O. The van der Waals surface area contributed by atoms with Crippen molar-refractivity contribution < 1.29 is 4.42 Å². The van der Waals surface area contributed by atoms with E-state index in [9.17, 15) is 5.26 Å². The molecule has 0 saturated carbocycles. The Hall–Kier alpha value is -2.59. The molecule has 0 aromatic carbocycles. The van der Waals surface area contributed by atoms with Crippen LogP contribution >= 0.6 is 0 Å². The zero-order valence-electron chi connectivity index (χ0n) is 13.0. The molecule has 0 aliphatic carbocycles. The summed E-state index contributed by atoms with van der Waals surface area (Å²) in [6, 6.07) is 5.65. The van der Waals surface area contributed by atoms with Crippen LogP contribution in [0, 0.1) is 11.3 Å². The van der Waals surface area contributed by atoms with Crippen LogP contribution in [-0.2, 0) is 0 Å². The Kier molecular flexibility index (Phi) is 4.74. The van der Waals surface area contributed by atoms with Crippen LogP contribution < -0.4 is 11.1 Å². The molecule has 0 unspecified atom stereocenters. The number of rotatable bonds is 5.